The molecule has 102 valence electrons. The monoisotopic (exact) mass is 269 g/mol. The van der Waals surface area contributed by atoms with E-state index in [0.29, 0.717) is 0 Å². The molecule has 0 amide bonds. The van der Waals surface area contributed by atoms with E-state index in [-0.39, 0.29) is 6.29 Å². The number of hydrogen-bond acceptors (Lipinski definition) is 10. The van der Waals surface area contributed by atoms with E-state index in [2.05, 4.69) is 14.5 Å². The Labute approximate surface area is 97.5 Å². The lowest BCUT2D eigenvalue weighted by Crippen LogP contribution is -2.40. The number of nitrogens with zero attached hydrogens (tertiary/aromatic N) is 3. The van der Waals surface area contributed by atoms with Crippen molar-refractivity contribution in [2.24, 2.45) is 5.41 Å². The standard InChI is InChI=1S/C5H7N3O10/c9-1-5(2-16-6(10)11,3-17-7(12)13)4-18-8(14)15/h1H,2-4H2. The second-order valence-corrected chi connectivity index (χ2v) is 2.97. The molecular weight excluding hydrogens is 262 g/mol. The van der Waals surface area contributed by atoms with Crippen molar-refractivity contribution in [3.63, 3.8) is 0 Å². The van der Waals surface area contributed by atoms with Crippen LogP contribution in [0.2, 0.25) is 0 Å². The molecule has 0 saturated carbocycles. The van der Waals surface area contributed by atoms with Gasteiger partial charge in [0.05, 0.1) is 5.41 Å². The zero-order valence-corrected chi connectivity index (χ0v) is 8.62. The van der Waals surface area contributed by atoms with Crippen LogP contribution in [0.3, 0.4) is 0 Å². The van der Waals surface area contributed by atoms with Gasteiger partial charge in [-0.1, -0.05) is 0 Å². The van der Waals surface area contributed by atoms with Crippen LogP contribution in [0.15, 0.2) is 0 Å². The van der Waals surface area contributed by atoms with Crippen LogP contribution < -0.4 is 0 Å². The maximum atomic E-state index is 10.8. The van der Waals surface area contributed by atoms with Crippen LogP contribution in [0.1, 0.15) is 0 Å². The van der Waals surface area contributed by atoms with Crippen LogP contribution in [-0.2, 0) is 19.3 Å². The molecule has 0 aromatic carbocycles. The number of rotatable bonds is 10. The molecule has 0 radical (unpaired) electrons. The van der Waals surface area contributed by atoms with Gasteiger partial charge in [-0.3, -0.25) is 0 Å². The largest absolute Gasteiger partial charge is 0.313 e. The van der Waals surface area contributed by atoms with Crippen LogP contribution in [0, 0.1) is 35.8 Å². The highest BCUT2D eigenvalue weighted by Crippen LogP contribution is 2.16. The molecule has 0 aromatic heterocycles. The fourth-order valence-corrected chi connectivity index (χ4v) is 0.771. The van der Waals surface area contributed by atoms with Gasteiger partial charge < -0.3 is 19.3 Å². The maximum Gasteiger partial charge on any atom is 0.294 e. The summed E-state index contributed by atoms with van der Waals surface area (Å²) in [5.74, 6) is 0. The minimum absolute atomic E-state index is 0.0104. The third-order valence-corrected chi connectivity index (χ3v) is 1.62. The number of hydrogen-bond donors (Lipinski definition) is 0. The zero-order chi connectivity index (χ0) is 14.2. The van der Waals surface area contributed by atoms with Crippen LogP contribution in [0.5, 0.6) is 0 Å². The van der Waals surface area contributed by atoms with E-state index in [1.165, 1.54) is 0 Å². The Hall–Kier alpha value is -2.73. The van der Waals surface area contributed by atoms with Crippen molar-refractivity contribution in [3.05, 3.63) is 30.3 Å². The van der Waals surface area contributed by atoms with Gasteiger partial charge in [0.2, 0.25) is 0 Å². The molecule has 0 bridgehead atoms. The summed E-state index contributed by atoms with van der Waals surface area (Å²) in [5.41, 5.74) is -2.03. The molecule has 0 N–H and O–H groups in total. The molecule has 0 aliphatic rings. The lowest BCUT2D eigenvalue weighted by atomic mass is 9.94. The van der Waals surface area contributed by atoms with Crippen molar-refractivity contribution >= 4 is 6.29 Å². The molecule has 0 unspecified atom stereocenters. The quantitative estimate of drug-likeness (QED) is 0.266. The summed E-state index contributed by atoms with van der Waals surface area (Å²) in [7, 11) is 0. The highest BCUT2D eigenvalue weighted by Gasteiger charge is 2.35. The molecule has 0 aliphatic carbocycles. The Bertz CT molecular complexity index is 297. The summed E-state index contributed by atoms with van der Waals surface area (Å²) < 4.78 is 0. The summed E-state index contributed by atoms with van der Waals surface area (Å²) in [6.45, 7) is -2.94. The van der Waals surface area contributed by atoms with Crippen molar-refractivity contribution in [2.45, 2.75) is 0 Å². The summed E-state index contributed by atoms with van der Waals surface area (Å²) in [6.07, 6.45) is -0.0104. The number of aldehydes is 1. The smallest absolute Gasteiger partial charge is 0.294 e. The second kappa shape index (κ2) is 6.77. The molecule has 0 spiro atoms. The van der Waals surface area contributed by atoms with Gasteiger partial charge in [0.1, 0.15) is 26.1 Å². The van der Waals surface area contributed by atoms with Gasteiger partial charge >= 0.3 is 0 Å². The van der Waals surface area contributed by atoms with E-state index in [1.54, 1.807) is 0 Å². The van der Waals surface area contributed by atoms with E-state index < -0.39 is 40.5 Å². The first-order valence-corrected chi connectivity index (χ1v) is 4.09. The molecule has 0 saturated heterocycles. The predicted molar refractivity (Wildman–Crippen MR) is 47.3 cm³/mol. The molecule has 18 heavy (non-hydrogen) atoms. The third-order valence-electron chi connectivity index (χ3n) is 1.62. The van der Waals surface area contributed by atoms with E-state index >= 15 is 0 Å². The first kappa shape index (κ1) is 15.3. The van der Waals surface area contributed by atoms with Gasteiger partial charge in [0.15, 0.2) is 0 Å². The van der Waals surface area contributed by atoms with Gasteiger partial charge in [0.25, 0.3) is 15.3 Å². The van der Waals surface area contributed by atoms with E-state index in [1.807, 2.05) is 0 Å². The molecule has 0 aliphatic heterocycles. The Morgan fingerprint density at radius 3 is 1.28 bits per heavy atom. The van der Waals surface area contributed by atoms with Gasteiger partial charge in [-0.25, -0.2) is 0 Å². The molecule has 0 atom stereocenters. The van der Waals surface area contributed by atoms with Crippen molar-refractivity contribution < 1.29 is 34.6 Å². The minimum atomic E-state index is -2.03. The van der Waals surface area contributed by atoms with Crippen LogP contribution in [-0.4, -0.2) is 41.4 Å². The average molecular weight is 269 g/mol. The SMILES string of the molecule is O=CC(CO[N+](=O)[O-])(CO[N+](=O)[O-])CO[N+](=O)[O-]. The van der Waals surface area contributed by atoms with Crippen molar-refractivity contribution in [2.75, 3.05) is 19.8 Å². The topological polar surface area (TPSA) is 174 Å². The summed E-state index contributed by atoms with van der Waals surface area (Å²) in [5, 5.41) is 26.1. The molecule has 13 nitrogen and oxygen atoms in total. The third kappa shape index (κ3) is 5.99. The Morgan fingerprint density at radius 1 is 0.833 bits per heavy atom. The lowest BCUT2D eigenvalue weighted by Gasteiger charge is -2.23. The van der Waals surface area contributed by atoms with Crippen molar-refractivity contribution in [1.29, 1.82) is 0 Å². The summed E-state index contributed by atoms with van der Waals surface area (Å²) >= 11 is 0. The highest BCUT2D eigenvalue weighted by molar-refractivity contribution is 5.60. The van der Waals surface area contributed by atoms with Gasteiger partial charge in [-0.2, -0.15) is 0 Å². The molecule has 0 heterocycles. The lowest BCUT2D eigenvalue weighted by molar-refractivity contribution is -0.780. The van der Waals surface area contributed by atoms with E-state index in [0.717, 1.165) is 0 Å². The first-order valence-electron chi connectivity index (χ1n) is 4.09. The second-order valence-electron chi connectivity index (χ2n) is 2.97. The minimum Gasteiger partial charge on any atom is -0.313 e. The maximum absolute atomic E-state index is 10.8. The Kier molecular flexibility index (Phi) is 5.74. The fourth-order valence-electron chi connectivity index (χ4n) is 0.771. The molecule has 0 aromatic rings. The molecule has 0 rings (SSSR count). The molecular formula is C5H7N3O10. The van der Waals surface area contributed by atoms with Gasteiger partial charge in [-0.05, 0) is 0 Å². The predicted octanol–water partition coefficient (Wildman–Crippen LogP) is -1.20. The van der Waals surface area contributed by atoms with Gasteiger partial charge in [-0.15, -0.1) is 30.3 Å². The first-order chi connectivity index (χ1) is 8.31. The number of carbonyl (C=O) groups excluding carboxylic acids is 1. The Balaban J connectivity index is 4.69. The Morgan fingerprint density at radius 2 is 1.11 bits per heavy atom. The molecule has 13 heteroatoms. The highest BCUT2D eigenvalue weighted by atomic mass is 17.0. The average Bonchev–Trinajstić information content (AvgIpc) is 2.28. The van der Waals surface area contributed by atoms with Crippen LogP contribution >= 0.6 is 0 Å². The fraction of sp³-hybridized carbons (Fsp3) is 0.800. The molecule has 0 fully saturated rings. The van der Waals surface area contributed by atoms with Crippen molar-refractivity contribution in [1.82, 2.24) is 0 Å². The zero-order valence-electron chi connectivity index (χ0n) is 8.62. The van der Waals surface area contributed by atoms with E-state index in [9.17, 15) is 35.1 Å². The number of carbonyl (C=O) groups is 1. The van der Waals surface area contributed by atoms with Crippen LogP contribution in [0.25, 0.3) is 0 Å². The van der Waals surface area contributed by atoms with Gasteiger partial charge in [0, 0.05) is 0 Å². The summed E-state index contributed by atoms with van der Waals surface area (Å²) in [6, 6.07) is 0. The summed E-state index contributed by atoms with van der Waals surface area (Å²) in [4.78, 5) is 52.2. The van der Waals surface area contributed by atoms with Crippen LogP contribution in [0.4, 0.5) is 0 Å². The van der Waals surface area contributed by atoms with E-state index in [4.69, 9.17) is 0 Å². The van der Waals surface area contributed by atoms with Crippen molar-refractivity contribution in [3.8, 4) is 0 Å². The normalized spacial score (nSPS) is 10.2.